The van der Waals surface area contributed by atoms with Crippen molar-refractivity contribution in [3.05, 3.63) is 11.0 Å². The van der Waals surface area contributed by atoms with Crippen LogP contribution in [-0.4, -0.2) is 11.5 Å². The van der Waals surface area contributed by atoms with Crippen molar-refractivity contribution in [2.75, 3.05) is 5.75 Å². The van der Waals surface area contributed by atoms with Gasteiger partial charge in [0.1, 0.15) is 0 Å². The second-order valence-electron chi connectivity index (χ2n) is 1.67. The second kappa shape index (κ2) is 2.35. The average Bonchev–Trinajstić information content (AvgIpc) is 2.14. The molecular formula is C6H8OS. The lowest BCUT2D eigenvalue weighted by Gasteiger charge is -1.84. The van der Waals surface area contributed by atoms with E-state index in [2.05, 4.69) is 0 Å². The molecule has 1 aliphatic heterocycles. The molecule has 1 saturated heterocycles. The molecule has 0 amide bonds. The number of ketones is 1. The van der Waals surface area contributed by atoms with Gasteiger partial charge in [-0.2, -0.15) is 0 Å². The highest BCUT2D eigenvalue weighted by molar-refractivity contribution is 8.04. The zero-order valence-corrected chi connectivity index (χ0v) is 5.62. The Morgan fingerprint density at radius 1 is 1.75 bits per heavy atom. The fourth-order valence-electron chi connectivity index (χ4n) is 0.702. The summed E-state index contributed by atoms with van der Waals surface area (Å²) in [6, 6.07) is 0. The molecule has 0 atom stereocenters. The van der Waals surface area contributed by atoms with E-state index >= 15 is 0 Å². The number of thioether (sulfide) groups is 1. The highest BCUT2D eigenvalue weighted by atomic mass is 32.2. The summed E-state index contributed by atoms with van der Waals surface area (Å²) in [6.45, 7) is 1.91. The van der Waals surface area contributed by atoms with Crippen molar-refractivity contribution in [1.82, 2.24) is 0 Å². The Bertz CT molecular complexity index is 137. The predicted molar refractivity (Wildman–Crippen MR) is 35.8 cm³/mol. The number of hydrogen-bond acceptors (Lipinski definition) is 2. The normalized spacial score (nSPS) is 25.1. The third kappa shape index (κ3) is 0.944. The van der Waals surface area contributed by atoms with E-state index in [0.717, 1.165) is 17.1 Å². The van der Waals surface area contributed by atoms with Crippen molar-refractivity contribution < 1.29 is 4.79 Å². The quantitative estimate of drug-likeness (QED) is 0.461. The van der Waals surface area contributed by atoms with Crippen molar-refractivity contribution in [1.29, 1.82) is 0 Å². The summed E-state index contributed by atoms with van der Waals surface area (Å²) < 4.78 is 0. The number of carbonyl (C=O) groups excluding carboxylic acids is 1. The first-order chi connectivity index (χ1) is 3.84. The van der Waals surface area contributed by atoms with Crippen LogP contribution in [0.5, 0.6) is 0 Å². The van der Waals surface area contributed by atoms with Gasteiger partial charge >= 0.3 is 0 Å². The Kier molecular flexibility index (Phi) is 1.73. The molecular weight excluding hydrogens is 120 g/mol. The Morgan fingerprint density at radius 3 is 2.75 bits per heavy atom. The molecule has 44 valence electrons. The maximum Gasteiger partial charge on any atom is 0.169 e. The number of carbonyl (C=O) groups is 1. The highest BCUT2D eigenvalue weighted by Gasteiger charge is 2.15. The van der Waals surface area contributed by atoms with E-state index in [-0.39, 0.29) is 0 Å². The molecule has 0 radical (unpaired) electrons. The Hall–Kier alpha value is -0.240. The zero-order chi connectivity index (χ0) is 5.98. The largest absolute Gasteiger partial charge is 0.294 e. The van der Waals surface area contributed by atoms with Gasteiger partial charge in [0.25, 0.3) is 0 Å². The monoisotopic (exact) mass is 128 g/mol. The van der Waals surface area contributed by atoms with E-state index in [1.165, 1.54) is 0 Å². The van der Waals surface area contributed by atoms with Crippen LogP contribution in [0, 0.1) is 0 Å². The van der Waals surface area contributed by atoms with Crippen LogP contribution in [0.25, 0.3) is 0 Å². The Balaban J connectivity index is 2.69. The van der Waals surface area contributed by atoms with Crippen LogP contribution in [0.4, 0.5) is 0 Å². The Labute approximate surface area is 53.2 Å². The topological polar surface area (TPSA) is 17.1 Å². The van der Waals surface area contributed by atoms with E-state index in [4.69, 9.17) is 0 Å². The SMILES string of the molecule is C/C=C1\SCCC1=O. The third-order valence-corrected chi connectivity index (χ3v) is 2.31. The van der Waals surface area contributed by atoms with E-state index < -0.39 is 0 Å². The molecule has 0 aromatic rings. The smallest absolute Gasteiger partial charge is 0.169 e. The summed E-state index contributed by atoms with van der Waals surface area (Å²) in [5, 5.41) is 0. The molecule has 0 spiro atoms. The fourth-order valence-corrected chi connectivity index (χ4v) is 1.64. The molecule has 0 saturated carbocycles. The molecule has 0 bridgehead atoms. The number of allylic oxidation sites excluding steroid dienone is 2. The molecule has 1 fully saturated rings. The molecule has 0 unspecified atom stereocenters. The predicted octanol–water partition coefficient (Wildman–Crippen LogP) is 1.60. The first-order valence-electron chi connectivity index (χ1n) is 2.67. The van der Waals surface area contributed by atoms with Gasteiger partial charge in [0.2, 0.25) is 0 Å². The van der Waals surface area contributed by atoms with Crippen molar-refractivity contribution in [2.24, 2.45) is 0 Å². The van der Waals surface area contributed by atoms with Gasteiger partial charge in [0.15, 0.2) is 5.78 Å². The summed E-state index contributed by atoms with van der Waals surface area (Å²) >= 11 is 1.66. The van der Waals surface area contributed by atoms with Crippen LogP contribution >= 0.6 is 11.8 Å². The molecule has 0 aromatic heterocycles. The van der Waals surface area contributed by atoms with E-state index in [9.17, 15) is 4.79 Å². The minimum Gasteiger partial charge on any atom is -0.294 e. The molecule has 2 heteroatoms. The zero-order valence-electron chi connectivity index (χ0n) is 4.81. The third-order valence-electron chi connectivity index (χ3n) is 1.12. The molecule has 0 aliphatic carbocycles. The van der Waals surface area contributed by atoms with Crippen LogP contribution in [0.2, 0.25) is 0 Å². The highest BCUT2D eigenvalue weighted by Crippen LogP contribution is 2.26. The number of rotatable bonds is 0. The van der Waals surface area contributed by atoms with Gasteiger partial charge in [-0.05, 0) is 6.92 Å². The summed E-state index contributed by atoms with van der Waals surface area (Å²) in [5.74, 6) is 1.30. The first-order valence-corrected chi connectivity index (χ1v) is 3.65. The Morgan fingerprint density at radius 2 is 2.50 bits per heavy atom. The van der Waals surface area contributed by atoms with Crippen molar-refractivity contribution in [3.63, 3.8) is 0 Å². The van der Waals surface area contributed by atoms with Gasteiger partial charge in [-0.3, -0.25) is 4.79 Å². The molecule has 8 heavy (non-hydrogen) atoms. The van der Waals surface area contributed by atoms with Gasteiger partial charge in [0, 0.05) is 17.1 Å². The molecule has 1 nitrogen and oxygen atoms in total. The van der Waals surface area contributed by atoms with Crippen molar-refractivity contribution in [3.8, 4) is 0 Å². The summed E-state index contributed by atoms with van der Waals surface area (Å²) in [7, 11) is 0. The standard InChI is InChI=1S/C6H8OS/c1-2-6-5(7)3-4-8-6/h2H,3-4H2,1H3/b6-2-. The van der Waals surface area contributed by atoms with Crippen LogP contribution < -0.4 is 0 Å². The van der Waals surface area contributed by atoms with Crippen LogP contribution in [0.15, 0.2) is 11.0 Å². The minimum atomic E-state index is 0.317. The maximum absolute atomic E-state index is 10.7. The number of hydrogen-bond donors (Lipinski definition) is 0. The van der Waals surface area contributed by atoms with E-state index in [1.807, 2.05) is 13.0 Å². The minimum absolute atomic E-state index is 0.317. The lowest BCUT2D eigenvalue weighted by atomic mass is 10.3. The van der Waals surface area contributed by atoms with Crippen molar-refractivity contribution >= 4 is 17.5 Å². The maximum atomic E-state index is 10.7. The molecule has 1 rings (SSSR count). The first kappa shape index (κ1) is 5.89. The number of Topliss-reactive ketones (excluding diaryl/α,β-unsaturated/α-hetero) is 1. The van der Waals surface area contributed by atoms with E-state index in [1.54, 1.807) is 11.8 Å². The van der Waals surface area contributed by atoms with Gasteiger partial charge < -0.3 is 0 Å². The van der Waals surface area contributed by atoms with Crippen molar-refractivity contribution in [2.45, 2.75) is 13.3 Å². The average molecular weight is 128 g/mol. The van der Waals surface area contributed by atoms with Gasteiger partial charge in [0.05, 0.1) is 0 Å². The molecule has 1 heterocycles. The lowest BCUT2D eigenvalue weighted by molar-refractivity contribution is -0.114. The van der Waals surface area contributed by atoms with Crippen LogP contribution in [-0.2, 0) is 4.79 Å². The van der Waals surface area contributed by atoms with Crippen LogP contribution in [0.1, 0.15) is 13.3 Å². The molecule has 0 aromatic carbocycles. The molecule has 0 N–H and O–H groups in total. The fraction of sp³-hybridized carbons (Fsp3) is 0.500. The summed E-state index contributed by atoms with van der Waals surface area (Å²) in [6.07, 6.45) is 2.63. The van der Waals surface area contributed by atoms with E-state index in [0.29, 0.717) is 5.78 Å². The second-order valence-corrected chi connectivity index (χ2v) is 2.81. The summed E-state index contributed by atoms with van der Waals surface area (Å²) in [5.41, 5.74) is 0. The molecule has 1 aliphatic rings. The summed E-state index contributed by atoms with van der Waals surface area (Å²) in [4.78, 5) is 11.7. The lowest BCUT2D eigenvalue weighted by Crippen LogP contribution is -1.88. The van der Waals surface area contributed by atoms with Crippen LogP contribution in [0.3, 0.4) is 0 Å². The van der Waals surface area contributed by atoms with Gasteiger partial charge in [-0.15, -0.1) is 11.8 Å². The van der Waals surface area contributed by atoms with Gasteiger partial charge in [-0.1, -0.05) is 6.08 Å². The van der Waals surface area contributed by atoms with Gasteiger partial charge in [-0.25, -0.2) is 0 Å².